The summed E-state index contributed by atoms with van der Waals surface area (Å²) >= 11 is 7.85. The van der Waals surface area contributed by atoms with E-state index in [-0.39, 0.29) is 11.9 Å². The molecule has 0 aromatic heterocycles. The fraction of sp³-hybridized carbons (Fsp3) is 0.462. The van der Waals surface area contributed by atoms with E-state index >= 15 is 0 Å². The van der Waals surface area contributed by atoms with Gasteiger partial charge in [0.25, 0.3) is 0 Å². The third-order valence-corrected chi connectivity index (χ3v) is 4.10. The van der Waals surface area contributed by atoms with Gasteiger partial charge in [0.1, 0.15) is 5.75 Å². The molecule has 1 aliphatic heterocycles. The number of anilines is 1. The van der Waals surface area contributed by atoms with Gasteiger partial charge in [-0.25, -0.2) is 0 Å². The van der Waals surface area contributed by atoms with Crippen LogP contribution in [0.2, 0.25) is 5.02 Å². The van der Waals surface area contributed by atoms with Gasteiger partial charge >= 0.3 is 0 Å². The molecule has 0 spiro atoms. The second-order valence-corrected chi connectivity index (χ2v) is 5.73. The summed E-state index contributed by atoms with van der Waals surface area (Å²) < 4.78 is 5.42. The van der Waals surface area contributed by atoms with Crippen LogP contribution in [0.25, 0.3) is 0 Å². The molecule has 2 rings (SSSR count). The lowest BCUT2D eigenvalue weighted by molar-refractivity contribution is -0.117. The Morgan fingerprint density at radius 2 is 2.42 bits per heavy atom. The maximum atomic E-state index is 12.0. The number of carbonyl (C=O) groups excluding carboxylic acids is 1. The minimum absolute atomic E-state index is 0.0201. The average Bonchev–Trinajstić information content (AvgIpc) is 2.89. The van der Waals surface area contributed by atoms with Crippen LogP contribution >= 0.6 is 23.4 Å². The summed E-state index contributed by atoms with van der Waals surface area (Å²) in [5.74, 6) is 2.25. The Hall–Kier alpha value is -0.910. The fourth-order valence-corrected chi connectivity index (χ4v) is 3.00. The van der Waals surface area contributed by atoms with Crippen molar-refractivity contribution in [1.29, 1.82) is 0 Å². The molecule has 1 heterocycles. The van der Waals surface area contributed by atoms with E-state index in [4.69, 9.17) is 16.3 Å². The van der Waals surface area contributed by atoms with Crippen molar-refractivity contribution in [2.45, 2.75) is 19.9 Å². The molecule has 1 aliphatic rings. The smallest absolute Gasteiger partial charge is 0.242 e. The number of hydrogen-bond acceptors (Lipinski definition) is 4. The fourth-order valence-electron chi connectivity index (χ4n) is 1.84. The molecule has 1 aromatic carbocycles. The van der Waals surface area contributed by atoms with E-state index in [1.54, 1.807) is 17.8 Å². The van der Waals surface area contributed by atoms with Crippen LogP contribution in [0.1, 0.15) is 12.5 Å². The standard InChI is InChI=1S/C13H17ClN2O2S/c1-3-18-12-4-8(2)10(5-9(12)14)16-13(17)11-6-19-7-15-11/h4-5,11,15H,3,6-7H2,1-2H3,(H,16,17). The van der Waals surface area contributed by atoms with Crippen molar-refractivity contribution < 1.29 is 9.53 Å². The zero-order chi connectivity index (χ0) is 13.8. The number of aryl methyl sites for hydroxylation is 1. The molecular formula is C13H17ClN2O2S. The minimum Gasteiger partial charge on any atom is -0.492 e. The van der Waals surface area contributed by atoms with Gasteiger partial charge in [0.2, 0.25) is 5.91 Å². The van der Waals surface area contributed by atoms with Crippen LogP contribution in [0.3, 0.4) is 0 Å². The Balaban J connectivity index is 2.11. The lowest BCUT2D eigenvalue weighted by atomic mass is 10.1. The maximum Gasteiger partial charge on any atom is 0.242 e. The van der Waals surface area contributed by atoms with E-state index < -0.39 is 0 Å². The molecule has 0 bridgehead atoms. The summed E-state index contributed by atoms with van der Waals surface area (Å²) in [6.07, 6.45) is 0. The van der Waals surface area contributed by atoms with E-state index in [1.807, 2.05) is 19.9 Å². The number of carbonyl (C=O) groups is 1. The van der Waals surface area contributed by atoms with Gasteiger partial charge in [-0.1, -0.05) is 11.6 Å². The van der Waals surface area contributed by atoms with Crippen LogP contribution in [0.15, 0.2) is 12.1 Å². The Bertz CT molecular complexity index is 476. The Kier molecular flexibility index (Phi) is 4.96. The first-order chi connectivity index (χ1) is 9.11. The summed E-state index contributed by atoms with van der Waals surface area (Å²) in [5, 5.41) is 6.55. The highest BCUT2D eigenvalue weighted by atomic mass is 35.5. The highest BCUT2D eigenvalue weighted by Gasteiger charge is 2.23. The van der Waals surface area contributed by atoms with Crippen LogP contribution in [0.5, 0.6) is 5.75 Å². The monoisotopic (exact) mass is 300 g/mol. The van der Waals surface area contributed by atoms with Gasteiger partial charge in [-0.15, -0.1) is 11.8 Å². The quantitative estimate of drug-likeness (QED) is 0.897. The number of thioether (sulfide) groups is 1. The zero-order valence-corrected chi connectivity index (χ0v) is 12.5. The lowest BCUT2D eigenvalue weighted by Gasteiger charge is -2.14. The van der Waals surface area contributed by atoms with Crippen LogP contribution in [0, 0.1) is 6.92 Å². The number of rotatable bonds is 4. The molecule has 1 unspecified atom stereocenters. The van der Waals surface area contributed by atoms with Gasteiger partial charge in [0.05, 0.1) is 17.7 Å². The molecule has 1 aromatic rings. The van der Waals surface area contributed by atoms with Crippen molar-refractivity contribution in [3.8, 4) is 5.75 Å². The first-order valence-corrected chi connectivity index (χ1v) is 7.70. The second kappa shape index (κ2) is 6.50. The first-order valence-electron chi connectivity index (χ1n) is 6.16. The highest BCUT2D eigenvalue weighted by molar-refractivity contribution is 7.99. The summed E-state index contributed by atoms with van der Waals surface area (Å²) in [6, 6.07) is 3.45. The Morgan fingerprint density at radius 3 is 3.05 bits per heavy atom. The lowest BCUT2D eigenvalue weighted by Crippen LogP contribution is -2.37. The van der Waals surface area contributed by atoms with Gasteiger partial charge < -0.3 is 10.1 Å². The molecule has 6 heteroatoms. The van der Waals surface area contributed by atoms with Crippen LogP contribution in [0.4, 0.5) is 5.69 Å². The second-order valence-electron chi connectivity index (χ2n) is 4.29. The van der Waals surface area contributed by atoms with Crippen molar-refractivity contribution in [2.24, 2.45) is 0 Å². The number of ether oxygens (including phenoxy) is 1. The van der Waals surface area contributed by atoms with Gasteiger partial charge in [-0.3, -0.25) is 10.1 Å². The number of amides is 1. The largest absolute Gasteiger partial charge is 0.492 e. The van der Waals surface area contributed by atoms with Crippen molar-refractivity contribution in [3.63, 3.8) is 0 Å². The number of halogens is 1. The molecule has 1 amide bonds. The average molecular weight is 301 g/mol. The molecule has 2 N–H and O–H groups in total. The molecule has 104 valence electrons. The molecule has 1 fully saturated rings. The van der Waals surface area contributed by atoms with Crippen LogP contribution < -0.4 is 15.4 Å². The van der Waals surface area contributed by atoms with Gasteiger partial charge in [-0.2, -0.15) is 0 Å². The molecular weight excluding hydrogens is 284 g/mol. The van der Waals surface area contributed by atoms with E-state index in [2.05, 4.69) is 10.6 Å². The topological polar surface area (TPSA) is 50.4 Å². The molecule has 4 nitrogen and oxygen atoms in total. The van der Waals surface area contributed by atoms with Crippen LogP contribution in [-0.2, 0) is 4.79 Å². The molecule has 1 saturated heterocycles. The SMILES string of the molecule is CCOc1cc(C)c(NC(=O)C2CSCN2)cc1Cl. The summed E-state index contributed by atoms with van der Waals surface area (Å²) in [7, 11) is 0. The van der Waals surface area contributed by atoms with Gasteiger partial charge in [-0.05, 0) is 31.5 Å². The normalized spacial score (nSPS) is 18.4. The van der Waals surface area contributed by atoms with Crippen molar-refractivity contribution >= 4 is 35.0 Å². The predicted octanol–water partition coefficient (Wildman–Crippen LogP) is 2.65. The van der Waals surface area contributed by atoms with E-state index in [0.717, 1.165) is 22.9 Å². The molecule has 0 radical (unpaired) electrons. The van der Waals surface area contributed by atoms with Gasteiger partial charge in [0.15, 0.2) is 0 Å². The third-order valence-electron chi connectivity index (χ3n) is 2.87. The number of hydrogen-bond donors (Lipinski definition) is 2. The third kappa shape index (κ3) is 3.55. The maximum absolute atomic E-state index is 12.0. The van der Waals surface area contributed by atoms with Crippen LogP contribution in [-0.4, -0.2) is 30.2 Å². The summed E-state index contributed by atoms with van der Waals surface area (Å²) in [5.41, 5.74) is 1.67. The molecule has 0 aliphatic carbocycles. The Morgan fingerprint density at radius 1 is 1.63 bits per heavy atom. The summed E-state index contributed by atoms with van der Waals surface area (Å²) in [4.78, 5) is 12.0. The highest BCUT2D eigenvalue weighted by Crippen LogP contribution is 2.31. The van der Waals surface area contributed by atoms with Gasteiger partial charge in [0, 0.05) is 17.3 Å². The first kappa shape index (κ1) is 14.5. The van der Waals surface area contributed by atoms with Crippen molar-refractivity contribution in [2.75, 3.05) is 23.6 Å². The minimum atomic E-state index is -0.130. The number of nitrogens with one attached hydrogen (secondary N) is 2. The van der Waals surface area contributed by atoms with E-state index in [9.17, 15) is 4.79 Å². The van der Waals surface area contributed by atoms with Crippen molar-refractivity contribution in [3.05, 3.63) is 22.7 Å². The zero-order valence-electron chi connectivity index (χ0n) is 11.0. The summed E-state index contributed by atoms with van der Waals surface area (Å²) in [6.45, 7) is 4.39. The van der Waals surface area contributed by atoms with E-state index in [0.29, 0.717) is 17.4 Å². The number of benzene rings is 1. The molecule has 1 atom stereocenters. The van der Waals surface area contributed by atoms with E-state index in [1.165, 1.54) is 0 Å². The molecule has 19 heavy (non-hydrogen) atoms. The molecule has 0 saturated carbocycles. The van der Waals surface area contributed by atoms with Crippen molar-refractivity contribution in [1.82, 2.24) is 5.32 Å². The predicted molar refractivity (Wildman–Crippen MR) is 80.2 cm³/mol. The Labute approximate surface area is 122 Å².